The Balaban J connectivity index is 1.44. The van der Waals surface area contributed by atoms with Crippen molar-refractivity contribution in [1.29, 1.82) is 0 Å². The Bertz CT molecular complexity index is 1390. The lowest BCUT2D eigenvalue weighted by Crippen LogP contribution is -2.15. The van der Waals surface area contributed by atoms with Crippen molar-refractivity contribution in [2.75, 3.05) is 28.6 Å². The fourth-order valence-corrected chi connectivity index (χ4v) is 4.25. The van der Waals surface area contributed by atoms with Gasteiger partial charge in [0, 0.05) is 24.4 Å². The molecule has 4 aromatic rings. The van der Waals surface area contributed by atoms with E-state index in [9.17, 15) is 9.00 Å². The highest BCUT2D eigenvalue weighted by Crippen LogP contribution is 2.34. The molecule has 2 heterocycles. The molecule has 1 aliphatic rings. The number of carbonyl (C=O) groups is 1. The number of anilines is 4. The van der Waals surface area contributed by atoms with Crippen molar-refractivity contribution in [2.45, 2.75) is 11.8 Å². The van der Waals surface area contributed by atoms with Gasteiger partial charge in [0.05, 0.1) is 15.9 Å². The normalized spacial score (nSPS) is 13.2. The number of aromatic nitrogens is 2. The van der Waals surface area contributed by atoms with Crippen molar-refractivity contribution < 1.29 is 18.5 Å². The summed E-state index contributed by atoms with van der Waals surface area (Å²) in [5.41, 5.74) is 2.70. The zero-order chi connectivity index (χ0) is 23.5. The monoisotopic (exact) mass is 475 g/mol. The van der Waals surface area contributed by atoms with Gasteiger partial charge in [0.1, 0.15) is 13.2 Å². The van der Waals surface area contributed by atoms with Crippen LogP contribution in [0.1, 0.15) is 6.92 Å². The molecule has 0 spiro atoms. The minimum atomic E-state index is -1.62. The summed E-state index contributed by atoms with van der Waals surface area (Å²) >= 11 is 0. The maximum absolute atomic E-state index is 13.1. The summed E-state index contributed by atoms with van der Waals surface area (Å²) in [5.74, 6) is 1.90. The van der Waals surface area contributed by atoms with E-state index in [0.29, 0.717) is 58.0 Å². The molecule has 3 aromatic carbocycles. The lowest BCUT2D eigenvalue weighted by atomic mass is 10.2. The van der Waals surface area contributed by atoms with E-state index >= 15 is 0 Å². The maximum atomic E-state index is 13.1. The first-order valence-corrected chi connectivity index (χ1v) is 11.7. The van der Waals surface area contributed by atoms with Gasteiger partial charge in [0.25, 0.3) is 0 Å². The Labute approximate surface area is 198 Å². The smallest absolute Gasteiger partial charge is 0.221 e. The van der Waals surface area contributed by atoms with Gasteiger partial charge in [-0.2, -0.15) is 0 Å². The van der Waals surface area contributed by atoms with Crippen LogP contribution in [0, 0.1) is 0 Å². The van der Waals surface area contributed by atoms with Crippen LogP contribution in [0.3, 0.4) is 0 Å². The number of fused-ring (bicyclic) bond motifs is 2. The molecule has 9 nitrogen and oxygen atoms in total. The van der Waals surface area contributed by atoms with E-state index < -0.39 is 11.0 Å². The predicted octanol–water partition coefficient (Wildman–Crippen LogP) is 4.24. The molecule has 34 heavy (non-hydrogen) atoms. The van der Waals surface area contributed by atoms with Gasteiger partial charge >= 0.3 is 0 Å². The minimum Gasteiger partial charge on any atom is -0.486 e. The molecular formula is C24H21N5O4S. The third-order valence-electron chi connectivity index (χ3n) is 4.95. The fourth-order valence-electron chi connectivity index (χ4n) is 3.43. The zero-order valence-electron chi connectivity index (χ0n) is 18.2. The van der Waals surface area contributed by atoms with Crippen LogP contribution in [-0.4, -0.2) is 33.3 Å². The lowest BCUT2D eigenvalue weighted by molar-refractivity contribution is -0.114. The largest absolute Gasteiger partial charge is 0.486 e. The van der Waals surface area contributed by atoms with E-state index in [2.05, 4.69) is 25.3 Å². The molecule has 10 heteroatoms. The van der Waals surface area contributed by atoms with Gasteiger partial charge in [-0.25, -0.2) is 14.2 Å². The molecule has 1 aliphatic heterocycles. The second kappa shape index (κ2) is 9.36. The van der Waals surface area contributed by atoms with Crippen molar-refractivity contribution in [3.63, 3.8) is 0 Å². The van der Waals surface area contributed by atoms with E-state index in [0.717, 1.165) is 5.69 Å². The van der Waals surface area contributed by atoms with Crippen molar-refractivity contribution >= 4 is 50.9 Å². The summed E-state index contributed by atoms with van der Waals surface area (Å²) in [7, 11) is -1.62. The van der Waals surface area contributed by atoms with Gasteiger partial charge in [-0.05, 0) is 48.5 Å². The van der Waals surface area contributed by atoms with Gasteiger partial charge in [-0.1, -0.05) is 12.1 Å². The van der Waals surface area contributed by atoms with Crippen LogP contribution in [0.5, 0.6) is 11.5 Å². The van der Waals surface area contributed by atoms with Gasteiger partial charge in [0.2, 0.25) is 5.91 Å². The average molecular weight is 476 g/mol. The number of ether oxygens (including phenoxy) is 2. The van der Waals surface area contributed by atoms with Crippen LogP contribution < -0.4 is 24.8 Å². The van der Waals surface area contributed by atoms with Crippen LogP contribution in [0.15, 0.2) is 71.6 Å². The molecule has 0 saturated heterocycles. The van der Waals surface area contributed by atoms with Crippen molar-refractivity contribution in [3.8, 4) is 11.5 Å². The first kappa shape index (κ1) is 21.7. The van der Waals surface area contributed by atoms with Crippen molar-refractivity contribution in [3.05, 3.63) is 66.7 Å². The number of para-hydroxylation sites is 2. The molecule has 172 valence electrons. The number of nitrogens with one attached hydrogen (secondary N) is 3. The number of benzene rings is 3. The third kappa shape index (κ3) is 4.76. The number of hydrogen-bond donors (Lipinski definition) is 3. The molecule has 0 bridgehead atoms. The molecule has 1 aromatic heterocycles. The van der Waals surface area contributed by atoms with E-state index in [4.69, 9.17) is 9.47 Å². The lowest BCUT2D eigenvalue weighted by Gasteiger charge is -2.19. The summed E-state index contributed by atoms with van der Waals surface area (Å²) in [6.45, 7) is 2.43. The standard InChI is InChI=1S/C24H21N5O4S/c1-15(30)25-16-6-9-18(10-7-16)34(31)29-24-23(27-19-4-2-3-5-20(19)28-24)26-17-8-11-21-22(14-17)33-13-12-32-21/h2-11,14H,12-13H2,1H3,(H,25,30)(H,26,27)(H,28,29). The molecule has 1 amide bonds. The first-order valence-electron chi connectivity index (χ1n) is 10.5. The summed E-state index contributed by atoms with van der Waals surface area (Å²) in [6, 6.07) is 19.7. The highest BCUT2D eigenvalue weighted by molar-refractivity contribution is 7.86. The van der Waals surface area contributed by atoms with Crippen LogP contribution in [0.2, 0.25) is 0 Å². The highest BCUT2D eigenvalue weighted by Gasteiger charge is 2.16. The molecule has 5 rings (SSSR count). The number of amides is 1. The summed E-state index contributed by atoms with van der Waals surface area (Å²) in [5, 5.41) is 5.94. The molecule has 0 saturated carbocycles. The Morgan fingerprint density at radius 1 is 0.853 bits per heavy atom. The van der Waals surface area contributed by atoms with Crippen LogP contribution >= 0.6 is 0 Å². The average Bonchev–Trinajstić information content (AvgIpc) is 2.84. The summed E-state index contributed by atoms with van der Waals surface area (Å²) in [4.78, 5) is 21.1. The Morgan fingerprint density at radius 2 is 1.50 bits per heavy atom. The van der Waals surface area contributed by atoms with E-state index in [1.54, 1.807) is 24.3 Å². The number of nitrogens with zero attached hydrogens (tertiary/aromatic N) is 2. The minimum absolute atomic E-state index is 0.173. The molecule has 1 atom stereocenters. The Kier molecular flexibility index (Phi) is 5.96. The van der Waals surface area contributed by atoms with Gasteiger partial charge in [-0.15, -0.1) is 0 Å². The topological polar surface area (TPSA) is 114 Å². The second-order valence-electron chi connectivity index (χ2n) is 7.47. The maximum Gasteiger partial charge on any atom is 0.221 e. The van der Waals surface area contributed by atoms with Crippen LogP contribution in [0.25, 0.3) is 11.0 Å². The van der Waals surface area contributed by atoms with Crippen molar-refractivity contribution in [1.82, 2.24) is 9.97 Å². The molecule has 0 fully saturated rings. The third-order valence-corrected chi connectivity index (χ3v) is 6.03. The molecule has 0 radical (unpaired) electrons. The van der Waals surface area contributed by atoms with Gasteiger partial charge in [-0.3, -0.25) is 9.52 Å². The van der Waals surface area contributed by atoms with Crippen LogP contribution in [0.4, 0.5) is 23.0 Å². The van der Waals surface area contributed by atoms with E-state index in [1.807, 2.05) is 42.5 Å². The quantitative estimate of drug-likeness (QED) is 0.382. The highest BCUT2D eigenvalue weighted by atomic mass is 32.2. The number of hydrogen-bond acceptors (Lipinski definition) is 7. The molecule has 3 N–H and O–H groups in total. The first-order chi connectivity index (χ1) is 16.5. The van der Waals surface area contributed by atoms with Gasteiger partial charge in [0.15, 0.2) is 34.1 Å². The van der Waals surface area contributed by atoms with Crippen LogP contribution in [-0.2, 0) is 15.8 Å². The second-order valence-corrected chi connectivity index (χ2v) is 8.68. The predicted molar refractivity (Wildman–Crippen MR) is 131 cm³/mol. The zero-order valence-corrected chi connectivity index (χ0v) is 19.0. The van der Waals surface area contributed by atoms with Gasteiger partial charge < -0.3 is 20.1 Å². The molecule has 1 unspecified atom stereocenters. The van der Waals surface area contributed by atoms with Crippen molar-refractivity contribution in [2.24, 2.45) is 0 Å². The SMILES string of the molecule is CC(=O)Nc1ccc(S(=O)Nc2nc3ccccc3nc2Nc2ccc3c(c2)OCCO3)cc1. The Morgan fingerprint density at radius 3 is 2.21 bits per heavy atom. The Hall–Kier alpha value is -4.18. The number of rotatable bonds is 6. The molecule has 0 aliphatic carbocycles. The van der Waals surface area contributed by atoms with E-state index in [1.165, 1.54) is 6.92 Å². The van der Waals surface area contributed by atoms with E-state index in [-0.39, 0.29) is 5.91 Å². The molecular weight excluding hydrogens is 454 g/mol. The summed E-state index contributed by atoms with van der Waals surface area (Å²) < 4.78 is 27.3. The fraction of sp³-hybridized carbons (Fsp3) is 0.125. The number of carbonyl (C=O) groups excluding carboxylic acids is 1. The summed E-state index contributed by atoms with van der Waals surface area (Å²) in [6.07, 6.45) is 0.